The van der Waals surface area contributed by atoms with E-state index in [-0.39, 0.29) is 12.3 Å². The summed E-state index contributed by atoms with van der Waals surface area (Å²) in [5.41, 5.74) is 7.16. The largest absolute Gasteiger partial charge is 0.370 e. The van der Waals surface area contributed by atoms with Crippen LogP contribution in [0.3, 0.4) is 0 Å². The number of sulfone groups is 1. The molecule has 0 spiro atoms. The smallest absolute Gasteiger partial charge is 0.191 e. The van der Waals surface area contributed by atoms with Gasteiger partial charge in [-0.3, -0.25) is 0 Å². The summed E-state index contributed by atoms with van der Waals surface area (Å²) in [6.07, 6.45) is 3.43. The van der Waals surface area contributed by atoms with Crippen LogP contribution in [0.5, 0.6) is 0 Å². The van der Waals surface area contributed by atoms with E-state index in [1.165, 1.54) is 24.6 Å². The molecule has 0 bridgehead atoms. The first-order valence-electron chi connectivity index (χ1n) is 7.74. The molecule has 1 aliphatic heterocycles. The standard InChI is InChI=1S/C16H24FN3O2S/c1-12-4-3-7-20(10-12)16(18)19-9-14-8-15(17)6-5-13(14)11-23(2,21)22/h5-6,8,12H,3-4,7,9-11H2,1-2H3,(H2,18,19). The van der Waals surface area contributed by atoms with Crippen molar-refractivity contribution in [3.8, 4) is 0 Å². The molecule has 1 aromatic rings. The monoisotopic (exact) mass is 341 g/mol. The van der Waals surface area contributed by atoms with Gasteiger partial charge in [0.1, 0.15) is 5.82 Å². The molecule has 1 saturated heterocycles. The number of piperidine rings is 1. The summed E-state index contributed by atoms with van der Waals surface area (Å²) in [6.45, 7) is 4.10. The number of nitrogens with two attached hydrogens (primary N) is 1. The molecule has 128 valence electrons. The minimum atomic E-state index is -3.19. The molecule has 1 aromatic carbocycles. The van der Waals surface area contributed by atoms with Crippen LogP contribution in [0.2, 0.25) is 0 Å². The van der Waals surface area contributed by atoms with Crippen molar-refractivity contribution in [1.29, 1.82) is 0 Å². The minimum Gasteiger partial charge on any atom is -0.370 e. The van der Waals surface area contributed by atoms with E-state index in [9.17, 15) is 12.8 Å². The Labute approximate surface area is 137 Å². The summed E-state index contributed by atoms with van der Waals surface area (Å²) in [6, 6.07) is 4.10. The molecule has 1 fully saturated rings. The van der Waals surface area contributed by atoms with Crippen molar-refractivity contribution in [2.45, 2.75) is 32.1 Å². The van der Waals surface area contributed by atoms with E-state index in [1.807, 2.05) is 4.90 Å². The molecule has 0 radical (unpaired) electrons. The molecule has 0 aliphatic carbocycles. The molecular formula is C16H24FN3O2S. The van der Waals surface area contributed by atoms with Crippen LogP contribution in [0.4, 0.5) is 4.39 Å². The quantitative estimate of drug-likeness (QED) is 0.670. The van der Waals surface area contributed by atoms with Crippen LogP contribution in [0, 0.1) is 11.7 Å². The first kappa shape index (κ1) is 17.7. The fourth-order valence-electron chi connectivity index (χ4n) is 2.83. The second-order valence-electron chi connectivity index (χ2n) is 6.35. The number of halogens is 1. The molecule has 0 aromatic heterocycles. The number of likely N-dealkylation sites (tertiary alicyclic amines) is 1. The van der Waals surface area contributed by atoms with E-state index >= 15 is 0 Å². The number of rotatable bonds is 4. The zero-order valence-corrected chi connectivity index (χ0v) is 14.4. The maximum Gasteiger partial charge on any atom is 0.191 e. The second kappa shape index (κ2) is 7.29. The topological polar surface area (TPSA) is 75.8 Å². The Morgan fingerprint density at radius 2 is 2.17 bits per heavy atom. The van der Waals surface area contributed by atoms with Crippen LogP contribution >= 0.6 is 0 Å². The molecule has 23 heavy (non-hydrogen) atoms. The lowest BCUT2D eigenvalue weighted by Crippen LogP contribution is -2.43. The number of hydrogen-bond acceptors (Lipinski definition) is 3. The zero-order valence-electron chi connectivity index (χ0n) is 13.6. The van der Waals surface area contributed by atoms with Gasteiger partial charge in [0.05, 0.1) is 12.3 Å². The van der Waals surface area contributed by atoms with Gasteiger partial charge in [-0.1, -0.05) is 13.0 Å². The first-order valence-corrected chi connectivity index (χ1v) is 9.80. The number of guanidine groups is 1. The fourth-order valence-corrected chi connectivity index (χ4v) is 3.68. The first-order chi connectivity index (χ1) is 10.7. The molecule has 1 aliphatic rings. The highest BCUT2D eigenvalue weighted by molar-refractivity contribution is 7.89. The van der Waals surface area contributed by atoms with Crippen LogP contribution in [0.15, 0.2) is 23.2 Å². The predicted molar refractivity (Wildman–Crippen MR) is 90.2 cm³/mol. The van der Waals surface area contributed by atoms with Gasteiger partial charge in [-0.25, -0.2) is 17.8 Å². The van der Waals surface area contributed by atoms with E-state index < -0.39 is 15.7 Å². The summed E-state index contributed by atoms with van der Waals surface area (Å²) >= 11 is 0. The van der Waals surface area contributed by atoms with Crippen LogP contribution in [0.1, 0.15) is 30.9 Å². The summed E-state index contributed by atoms with van der Waals surface area (Å²) in [5, 5.41) is 0. The highest BCUT2D eigenvalue weighted by atomic mass is 32.2. The maximum atomic E-state index is 13.5. The highest BCUT2D eigenvalue weighted by Crippen LogP contribution is 2.17. The molecular weight excluding hydrogens is 317 g/mol. The van der Waals surface area contributed by atoms with E-state index in [0.29, 0.717) is 23.0 Å². The molecule has 2 N–H and O–H groups in total. The molecule has 2 rings (SSSR count). The van der Waals surface area contributed by atoms with Crippen LogP contribution in [-0.4, -0.2) is 38.6 Å². The van der Waals surface area contributed by atoms with Crippen molar-refractivity contribution >= 4 is 15.8 Å². The second-order valence-corrected chi connectivity index (χ2v) is 8.49. The molecule has 1 heterocycles. The van der Waals surface area contributed by atoms with Gasteiger partial charge in [0.15, 0.2) is 15.8 Å². The van der Waals surface area contributed by atoms with E-state index in [2.05, 4.69) is 11.9 Å². The van der Waals surface area contributed by atoms with Gasteiger partial charge < -0.3 is 10.6 Å². The van der Waals surface area contributed by atoms with Crippen molar-refractivity contribution < 1.29 is 12.8 Å². The lowest BCUT2D eigenvalue weighted by atomic mass is 10.0. The van der Waals surface area contributed by atoms with Crippen molar-refractivity contribution in [2.24, 2.45) is 16.6 Å². The van der Waals surface area contributed by atoms with Crippen LogP contribution in [0.25, 0.3) is 0 Å². The molecule has 0 saturated carbocycles. The van der Waals surface area contributed by atoms with Crippen LogP contribution < -0.4 is 5.73 Å². The number of hydrogen-bond donors (Lipinski definition) is 1. The molecule has 1 atom stereocenters. The van der Waals surface area contributed by atoms with Gasteiger partial charge in [0, 0.05) is 19.3 Å². The van der Waals surface area contributed by atoms with Gasteiger partial charge in [0.25, 0.3) is 0 Å². The lowest BCUT2D eigenvalue weighted by Gasteiger charge is -2.31. The number of aliphatic imine (C=N–C) groups is 1. The van der Waals surface area contributed by atoms with Gasteiger partial charge >= 0.3 is 0 Å². The third-order valence-corrected chi connectivity index (χ3v) is 4.81. The minimum absolute atomic E-state index is 0.126. The molecule has 1 unspecified atom stereocenters. The fraction of sp³-hybridized carbons (Fsp3) is 0.562. The maximum absolute atomic E-state index is 13.5. The highest BCUT2D eigenvalue weighted by Gasteiger charge is 2.18. The predicted octanol–water partition coefficient (Wildman–Crippen LogP) is 1.92. The van der Waals surface area contributed by atoms with E-state index in [4.69, 9.17) is 5.73 Å². The third-order valence-electron chi connectivity index (χ3n) is 3.98. The Morgan fingerprint density at radius 3 is 2.83 bits per heavy atom. The van der Waals surface area contributed by atoms with E-state index in [1.54, 1.807) is 0 Å². The van der Waals surface area contributed by atoms with Gasteiger partial charge in [-0.2, -0.15) is 0 Å². The van der Waals surface area contributed by atoms with Crippen molar-refractivity contribution in [2.75, 3.05) is 19.3 Å². The van der Waals surface area contributed by atoms with Crippen molar-refractivity contribution in [1.82, 2.24) is 4.90 Å². The Kier molecular flexibility index (Phi) is 5.62. The normalized spacial score (nSPS) is 19.9. The van der Waals surface area contributed by atoms with Gasteiger partial charge in [-0.05, 0) is 42.0 Å². The Hall–Kier alpha value is -1.63. The van der Waals surface area contributed by atoms with Gasteiger partial charge in [0.2, 0.25) is 0 Å². The zero-order chi connectivity index (χ0) is 17.0. The summed E-state index contributed by atoms with van der Waals surface area (Å²) in [4.78, 5) is 6.37. The third kappa shape index (κ3) is 5.49. The average molecular weight is 341 g/mol. The van der Waals surface area contributed by atoms with Crippen molar-refractivity contribution in [3.05, 3.63) is 35.1 Å². The summed E-state index contributed by atoms with van der Waals surface area (Å²) in [7, 11) is -3.19. The van der Waals surface area contributed by atoms with Crippen molar-refractivity contribution in [3.63, 3.8) is 0 Å². The van der Waals surface area contributed by atoms with Gasteiger partial charge in [-0.15, -0.1) is 0 Å². The average Bonchev–Trinajstić information content (AvgIpc) is 2.46. The molecule has 7 heteroatoms. The Morgan fingerprint density at radius 1 is 1.43 bits per heavy atom. The summed E-state index contributed by atoms with van der Waals surface area (Å²) in [5.74, 6) is 0.481. The number of benzene rings is 1. The number of nitrogens with zero attached hydrogens (tertiary/aromatic N) is 2. The Bertz CT molecular complexity index is 689. The molecule has 5 nitrogen and oxygen atoms in total. The Balaban J connectivity index is 2.15. The SMILES string of the molecule is CC1CCCN(C(N)=NCc2cc(F)ccc2CS(C)(=O)=O)C1. The van der Waals surface area contributed by atoms with E-state index in [0.717, 1.165) is 25.8 Å². The lowest BCUT2D eigenvalue weighted by molar-refractivity contribution is 0.270. The van der Waals surface area contributed by atoms with Crippen LogP contribution in [-0.2, 0) is 22.1 Å². The summed E-state index contributed by atoms with van der Waals surface area (Å²) < 4.78 is 36.5. The molecule has 0 amide bonds.